The van der Waals surface area contributed by atoms with Gasteiger partial charge in [0.05, 0.1) is 59.4 Å². The summed E-state index contributed by atoms with van der Waals surface area (Å²) >= 11 is 2.76. The van der Waals surface area contributed by atoms with Gasteiger partial charge in [-0.25, -0.2) is 51.9 Å². The largest absolute Gasteiger partial charge is 0.367 e. The zero-order valence-corrected chi connectivity index (χ0v) is 41.4. The Morgan fingerprint density at radius 2 is 1.11 bits per heavy atom. The van der Waals surface area contributed by atoms with Crippen molar-refractivity contribution in [3.63, 3.8) is 0 Å². The Morgan fingerprint density at radius 1 is 0.613 bits per heavy atom. The van der Waals surface area contributed by atoms with Crippen molar-refractivity contribution >= 4 is 51.8 Å². The molecule has 4 aliphatic carbocycles. The van der Waals surface area contributed by atoms with Gasteiger partial charge in [0.15, 0.2) is 27.5 Å². The van der Waals surface area contributed by atoms with Crippen LogP contribution >= 0.6 is 22.7 Å². The molecule has 4 saturated carbocycles. The summed E-state index contributed by atoms with van der Waals surface area (Å²) < 4.78 is 70.9. The molecular weight excluding hydrogens is 1020 g/mol. The lowest BCUT2D eigenvalue weighted by Crippen LogP contribution is -2.50. The van der Waals surface area contributed by atoms with Crippen molar-refractivity contribution in [2.24, 2.45) is 11.8 Å². The van der Waals surface area contributed by atoms with Crippen LogP contribution < -0.4 is 20.9 Å². The summed E-state index contributed by atoms with van der Waals surface area (Å²) in [5.74, 6) is 0.684. The van der Waals surface area contributed by atoms with Gasteiger partial charge < -0.3 is 39.1 Å². The van der Waals surface area contributed by atoms with Crippen molar-refractivity contribution in [2.45, 2.75) is 88.1 Å². The molecule has 2 amide bonds. The Kier molecular flexibility index (Phi) is 13.2. The van der Waals surface area contributed by atoms with Crippen LogP contribution in [0.3, 0.4) is 0 Å². The molecule has 0 aromatic carbocycles. The standard InChI is InChI=1S/C24H23F2N9OS.C20H17FN8OS.C4H7F2N/c25-21(26)14-7-33(8-14)19-6-27-16(5-18(19)34-9-17(28-11-34)13-1-2-13)23(36)30-20-10-37-24(31-20)22-32-29-12-35(22)15-3-4-15;21-13-6-22-14(5-16(13)28-7-15(23-9-28)11-1-2-11)19(30)25-17-8-31-20(26-17)18-27-24-10-29(18)12-3-4-12;5-4(6)3-1-7-2-3/h5-6,9-15,21H,1-4,7-8H2,(H,30,36);5-12H,1-4H2,(H,25,30);3-4,7H,1-2H2. The Labute approximate surface area is 431 Å². The third kappa shape index (κ3) is 10.8. The predicted molar refractivity (Wildman–Crippen MR) is 265 cm³/mol. The van der Waals surface area contributed by atoms with Crippen molar-refractivity contribution < 1.29 is 31.5 Å². The number of pyridine rings is 2. The molecule has 3 N–H and O–H groups in total. The molecule has 0 radical (unpaired) electrons. The number of amides is 2. The molecule has 0 unspecified atom stereocenters. The van der Waals surface area contributed by atoms with E-state index in [-0.39, 0.29) is 36.1 Å². The normalized spacial score (nSPS) is 17.5. The number of carbonyl (C=O) groups is 2. The SMILES string of the molecule is FC(F)C1CNC1.O=C(Nc1csc(-c2nncn2C2CC2)n1)c1cc(-n2cnc(C3CC3)c2)c(F)cn1.O=C(Nc1csc(-c2nncn2C2CC2)n1)c1cc(-n2cnc(C3CC3)c2)c(N2CC(C(F)F)C2)cn1. The molecule has 75 heavy (non-hydrogen) atoms. The number of alkyl halides is 4. The van der Waals surface area contributed by atoms with Gasteiger partial charge in [0.1, 0.15) is 35.7 Å². The topological polar surface area (TPSA) is 222 Å². The average molecular weight is 1070 g/mol. The van der Waals surface area contributed by atoms with Gasteiger partial charge in [0.2, 0.25) is 12.9 Å². The first kappa shape index (κ1) is 48.5. The molecular formula is C48H47F5N18O2S2. The Balaban J connectivity index is 0.000000136. The fourth-order valence-electron chi connectivity index (χ4n) is 8.50. The zero-order chi connectivity index (χ0) is 51.3. The third-order valence-electron chi connectivity index (χ3n) is 13.6. The van der Waals surface area contributed by atoms with Crippen molar-refractivity contribution in [1.82, 2.24) is 73.9 Å². The summed E-state index contributed by atoms with van der Waals surface area (Å²) in [5, 5.41) is 29.5. The van der Waals surface area contributed by atoms with E-state index in [9.17, 15) is 31.5 Å². The van der Waals surface area contributed by atoms with E-state index in [1.54, 1.807) is 59.1 Å². The van der Waals surface area contributed by atoms with Crippen molar-refractivity contribution in [2.75, 3.05) is 41.7 Å². The number of aromatic nitrogens is 14. The minimum Gasteiger partial charge on any atom is -0.367 e. The molecule has 0 spiro atoms. The number of nitrogens with zero attached hydrogens (tertiary/aromatic N) is 15. The van der Waals surface area contributed by atoms with Crippen LogP contribution in [0.2, 0.25) is 0 Å². The van der Waals surface area contributed by atoms with Gasteiger partial charge in [-0.15, -0.1) is 43.1 Å². The fourth-order valence-corrected chi connectivity index (χ4v) is 9.97. The maximum atomic E-state index is 14.4. The molecule has 14 rings (SSSR count). The summed E-state index contributed by atoms with van der Waals surface area (Å²) in [6, 6.07) is 3.94. The van der Waals surface area contributed by atoms with E-state index in [1.165, 1.54) is 28.7 Å². The summed E-state index contributed by atoms with van der Waals surface area (Å²) in [7, 11) is 0. The summed E-state index contributed by atoms with van der Waals surface area (Å²) in [5.41, 5.74) is 3.84. The Hall–Kier alpha value is -7.39. The number of rotatable bonds is 15. The highest BCUT2D eigenvalue weighted by Gasteiger charge is 2.36. The van der Waals surface area contributed by atoms with Crippen LogP contribution in [-0.2, 0) is 0 Å². The number of anilines is 3. The second-order valence-electron chi connectivity index (χ2n) is 19.4. The maximum Gasteiger partial charge on any atom is 0.275 e. The highest BCUT2D eigenvalue weighted by atomic mass is 32.1. The molecule has 8 aromatic rings. The van der Waals surface area contributed by atoms with E-state index >= 15 is 0 Å². The van der Waals surface area contributed by atoms with E-state index in [1.807, 2.05) is 24.8 Å². The average Bonchev–Trinajstić information content (AvgIpc) is 4.38. The predicted octanol–water partition coefficient (Wildman–Crippen LogP) is 8.21. The second kappa shape index (κ2) is 20.4. The summed E-state index contributed by atoms with van der Waals surface area (Å²) in [4.78, 5) is 53.9. The molecule has 8 aromatic heterocycles. The van der Waals surface area contributed by atoms with Crippen LogP contribution in [-0.4, -0.2) is 119 Å². The second-order valence-corrected chi connectivity index (χ2v) is 21.1. The fraction of sp³-hybridized carbons (Fsp3) is 0.417. The van der Waals surface area contributed by atoms with Crippen LogP contribution in [0.5, 0.6) is 0 Å². The molecule has 388 valence electrons. The minimum absolute atomic E-state index is 0.0915. The lowest BCUT2D eigenvalue weighted by molar-refractivity contribution is 0.0485. The molecule has 0 atom stereocenters. The van der Waals surface area contributed by atoms with E-state index < -0.39 is 36.4 Å². The maximum absolute atomic E-state index is 14.4. The molecule has 2 aliphatic heterocycles. The van der Waals surface area contributed by atoms with E-state index in [2.05, 4.69) is 66.2 Å². The van der Waals surface area contributed by atoms with Crippen molar-refractivity contribution in [3.8, 4) is 33.0 Å². The first-order chi connectivity index (χ1) is 36.5. The molecule has 2 saturated heterocycles. The lowest BCUT2D eigenvalue weighted by atomic mass is 10.00. The first-order valence-corrected chi connectivity index (χ1v) is 26.3. The number of hydrogen-bond acceptors (Lipinski definition) is 16. The van der Waals surface area contributed by atoms with Gasteiger partial charge in [-0.1, -0.05) is 0 Å². The summed E-state index contributed by atoms with van der Waals surface area (Å²) in [6.07, 6.45) is 17.5. The Morgan fingerprint density at radius 3 is 1.56 bits per heavy atom. The lowest BCUT2D eigenvalue weighted by Gasteiger charge is -2.41. The number of carbonyl (C=O) groups excluding carboxylic acids is 2. The molecule has 20 nitrogen and oxygen atoms in total. The van der Waals surface area contributed by atoms with E-state index in [0.717, 1.165) is 69.0 Å². The first-order valence-electron chi connectivity index (χ1n) is 24.6. The van der Waals surface area contributed by atoms with Gasteiger partial charge in [0, 0.05) is 79.2 Å². The minimum atomic E-state index is -2.35. The third-order valence-corrected chi connectivity index (χ3v) is 15.3. The van der Waals surface area contributed by atoms with E-state index in [4.69, 9.17) is 0 Å². The highest BCUT2D eigenvalue weighted by molar-refractivity contribution is 7.13. The van der Waals surface area contributed by atoms with Crippen LogP contribution in [0.15, 0.2) is 73.0 Å². The molecule has 10 heterocycles. The molecule has 27 heteroatoms. The highest BCUT2D eigenvalue weighted by Crippen LogP contribution is 2.42. The number of nitrogens with one attached hydrogen (secondary N) is 3. The smallest absolute Gasteiger partial charge is 0.275 e. The van der Waals surface area contributed by atoms with Gasteiger partial charge in [-0.3, -0.25) is 9.59 Å². The van der Waals surface area contributed by atoms with Crippen molar-refractivity contribution in [1.29, 1.82) is 0 Å². The number of imidazole rings is 2. The van der Waals surface area contributed by atoms with Gasteiger partial charge in [0.25, 0.3) is 11.8 Å². The van der Waals surface area contributed by atoms with Crippen LogP contribution in [0.25, 0.3) is 33.0 Å². The van der Waals surface area contributed by atoms with Crippen molar-refractivity contribution in [3.05, 3.63) is 102 Å². The number of hydrogen-bond donors (Lipinski definition) is 3. The molecule has 0 bridgehead atoms. The van der Waals surface area contributed by atoms with Gasteiger partial charge in [-0.05, 0) is 63.5 Å². The summed E-state index contributed by atoms with van der Waals surface area (Å²) in [6.45, 7) is 1.49. The van der Waals surface area contributed by atoms with Crippen LogP contribution in [0, 0.1) is 17.7 Å². The van der Waals surface area contributed by atoms with E-state index in [0.29, 0.717) is 81.7 Å². The number of thiazole rings is 2. The van der Waals surface area contributed by atoms with Gasteiger partial charge in [-0.2, -0.15) is 0 Å². The quantitative estimate of drug-likeness (QED) is 0.0824. The van der Waals surface area contributed by atoms with Crippen LogP contribution in [0.4, 0.5) is 39.3 Å². The molecule has 6 aliphatic rings. The monoisotopic (exact) mass is 1070 g/mol. The number of halogens is 5. The zero-order valence-electron chi connectivity index (χ0n) is 39.8. The Bertz CT molecular complexity index is 3340. The van der Waals surface area contributed by atoms with Gasteiger partial charge >= 0.3 is 0 Å². The molecule has 6 fully saturated rings. The van der Waals surface area contributed by atoms with Crippen LogP contribution in [0.1, 0.15) is 108 Å².